The second-order valence-corrected chi connectivity index (χ2v) is 8.38. The number of anilines is 2. The maximum Gasteiger partial charge on any atom is 0.117 e. The van der Waals surface area contributed by atoms with E-state index < -0.39 is 0 Å². The number of ether oxygens (including phenoxy) is 1. The van der Waals surface area contributed by atoms with Crippen molar-refractivity contribution in [3.8, 4) is 0 Å². The van der Waals surface area contributed by atoms with E-state index >= 15 is 0 Å². The smallest absolute Gasteiger partial charge is 0.117 e. The third-order valence-corrected chi connectivity index (χ3v) is 6.22. The molecule has 4 rings (SSSR count). The van der Waals surface area contributed by atoms with Crippen LogP contribution in [0.3, 0.4) is 0 Å². The van der Waals surface area contributed by atoms with E-state index in [2.05, 4.69) is 41.3 Å². The van der Waals surface area contributed by atoms with Gasteiger partial charge < -0.3 is 21.2 Å². The molecular formula is C21H30N6O. The van der Waals surface area contributed by atoms with Crippen LogP contribution in [0, 0.1) is 18.3 Å². The predicted molar refractivity (Wildman–Crippen MR) is 111 cm³/mol. The molecule has 0 bridgehead atoms. The van der Waals surface area contributed by atoms with E-state index in [-0.39, 0.29) is 5.66 Å². The van der Waals surface area contributed by atoms with E-state index in [1.807, 2.05) is 13.2 Å². The Balaban J connectivity index is 1.58. The van der Waals surface area contributed by atoms with Crippen molar-refractivity contribution < 1.29 is 4.74 Å². The van der Waals surface area contributed by atoms with Gasteiger partial charge in [-0.3, -0.25) is 9.58 Å². The molecule has 0 aliphatic carbocycles. The van der Waals surface area contributed by atoms with Crippen LogP contribution in [0.25, 0.3) is 0 Å². The Bertz CT molecular complexity index is 872. The van der Waals surface area contributed by atoms with Gasteiger partial charge in [0.15, 0.2) is 0 Å². The maximum absolute atomic E-state index is 7.81. The van der Waals surface area contributed by atoms with Crippen molar-refractivity contribution in [2.45, 2.75) is 31.8 Å². The first kappa shape index (κ1) is 19.1. The number of nitrogens with one attached hydrogen (secondary N) is 2. The Hall–Kier alpha value is -2.22. The first-order valence-electron chi connectivity index (χ1n) is 9.92. The van der Waals surface area contributed by atoms with E-state index in [9.17, 15) is 0 Å². The zero-order chi connectivity index (χ0) is 19.9. The Labute approximate surface area is 166 Å². The van der Waals surface area contributed by atoms with Gasteiger partial charge in [-0.05, 0) is 48.4 Å². The number of hydrogen-bond acceptors (Lipinski definition) is 6. The minimum Gasteiger partial charge on any atom is -0.375 e. The van der Waals surface area contributed by atoms with Crippen LogP contribution in [0.2, 0.25) is 0 Å². The number of rotatable bonds is 5. The van der Waals surface area contributed by atoms with Gasteiger partial charge in [0, 0.05) is 43.8 Å². The zero-order valence-electron chi connectivity index (χ0n) is 16.9. The molecule has 28 heavy (non-hydrogen) atoms. The number of nitrogens with zero attached hydrogens (tertiary/aromatic N) is 3. The molecule has 2 aliphatic heterocycles. The summed E-state index contributed by atoms with van der Waals surface area (Å²) in [7, 11) is 1.90. The van der Waals surface area contributed by atoms with Gasteiger partial charge in [0.1, 0.15) is 5.66 Å². The quantitative estimate of drug-likeness (QED) is 0.691. The summed E-state index contributed by atoms with van der Waals surface area (Å²) in [4.78, 5) is 2.40. The van der Waals surface area contributed by atoms with Gasteiger partial charge in [-0.1, -0.05) is 6.92 Å². The summed E-state index contributed by atoms with van der Waals surface area (Å²) in [5.41, 5.74) is 11.6. The number of likely N-dealkylation sites (tertiary alicyclic amines) is 1. The summed E-state index contributed by atoms with van der Waals surface area (Å²) in [5, 5.41) is 15.5. The Morgan fingerprint density at radius 3 is 2.75 bits per heavy atom. The molecule has 2 unspecified atom stereocenters. The van der Waals surface area contributed by atoms with Gasteiger partial charge in [-0.15, -0.1) is 0 Å². The average molecular weight is 383 g/mol. The minimum absolute atomic E-state index is 0.272. The van der Waals surface area contributed by atoms with Crippen LogP contribution in [0.4, 0.5) is 11.4 Å². The lowest BCUT2D eigenvalue weighted by Gasteiger charge is -2.51. The monoisotopic (exact) mass is 382 g/mol. The number of benzene rings is 1. The first-order valence-corrected chi connectivity index (χ1v) is 9.92. The maximum atomic E-state index is 7.81. The van der Waals surface area contributed by atoms with Crippen molar-refractivity contribution >= 4 is 17.6 Å². The molecule has 2 atom stereocenters. The Morgan fingerprint density at radius 2 is 2.18 bits per heavy atom. The summed E-state index contributed by atoms with van der Waals surface area (Å²) in [6.07, 6.45) is 6.24. The molecule has 0 spiro atoms. The molecule has 7 nitrogen and oxygen atoms in total. The highest BCUT2D eigenvalue weighted by Gasteiger charge is 2.43. The highest BCUT2D eigenvalue weighted by atomic mass is 16.5. The fourth-order valence-corrected chi connectivity index (χ4v) is 4.52. The normalized spacial score (nSPS) is 24.6. The number of nitrogens with two attached hydrogens (primary N) is 1. The third-order valence-electron chi connectivity index (χ3n) is 6.22. The van der Waals surface area contributed by atoms with Gasteiger partial charge >= 0.3 is 0 Å². The molecule has 1 aromatic heterocycles. The van der Waals surface area contributed by atoms with Crippen LogP contribution in [0.1, 0.15) is 36.0 Å². The molecule has 0 saturated carbocycles. The van der Waals surface area contributed by atoms with Crippen molar-refractivity contribution in [2.75, 3.05) is 31.6 Å². The van der Waals surface area contributed by atoms with Gasteiger partial charge in [0.25, 0.3) is 0 Å². The number of hydrogen-bond donors (Lipinski definition) is 3. The van der Waals surface area contributed by atoms with Gasteiger partial charge in [0.05, 0.1) is 25.1 Å². The summed E-state index contributed by atoms with van der Waals surface area (Å²) in [6.45, 7) is 7.72. The first-order chi connectivity index (χ1) is 13.4. The fraction of sp³-hybridized carbons (Fsp3) is 0.524. The second-order valence-electron chi connectivity index (χ2n) is 8.38. The molecule has 2 aromatic rings. The van der Waals surface area contributed by atoms with Crippen LogP contribution in [0.15, 0.2) is 24.5 Å². The van der Waals surface area contributed by atoms with E-state index in [0.29, 0.717) is 25.0 Å². The summed E-state index contributed by atoms with van der Waals surface area (Å²) >= 11 is 0. The lowest BCUT2D eigenvalue weighted by atomic mass is 9.78. The third kappa shape index (κ3) is 3.45. The molecule has 1 aromatic carbocycles. The van der Waals surface area contributed by atoms with Crippen molar-refractivity contribution in [1.82, 2.24) is 14.7 Å². The van der Waals surface area contributed by atoms with E-state index in [1.165, 1.54) is 17.3 Å². The van der Waals surface area contributed by atoms with E-state index in [4.69, 9.17) is 15.9 Å². The summed E-state index contributed by atoms with van der Waals surface area (Å²) in [5.74, 6) is 0.987. The van der Waals surface area contributed by atoms with E-state index in [1.54, 1.807) is 10.9 Å². The molecular weight excluding hydrogens is 352 g/mol. The molecule has 0 radical (unpaired) electrons. The van der Waals surface area contributed by atoms with Crippen LogP contribution < -0.4 is 11.1 Å². The van der Waals surface area contributed by atoms with Crippen molar-refractivity contribution in [3.63, 3.8) is 0 Å². The predicted octanol–water partition coefficient (Wildman–Crippen LogP) is 2.58. The summed E-state index contributed by atoms with van der Waals surface area (Å²) < 4.78 is 7.12. The SMILES string of the molecule is Cc1cc(C=N)c(Nc2cnn(C)c2)cc1C1CCN(C2(N)COC2)CC1C. The lowest BCUT2D eigenvalue weighted by Crippen LogP contribution is -2.70. The van der Waals surface area contributed by atoms with Crippen molar-refractivity contribution in [2.24, 2.45) is 18.7 Å². The minimum atomic E-state index is -0.272. The number of aryl methyl sites for hydroxylation is 2. The largest absolute Gasteiger partial charge is 0.375 e. The van der Waals surface area contributed by atoms with Crippen LogP contribution in [-0.4, -0.2) is 52.9 Å². The standard InChI is InChI=1S/C21H30N6O/c1-14-6-16(8-22)20(25-17-9-24-26(3)11-17)7-19(14)18-4-5-27(10-15(18)2)21(23)12-28-13-21/h6-9,11,15,18,22,25H,4-5,10,12-13,23H2,1-3H3. The molecule has 2 fully saturated rings. The highest BCUT2D eigenvalue weighted by Crippen LogP contribution is 2.39. The van der Waals surface area contributed by atoms with Crippen LogP contribution >= 0.6 is 0 Å². The van der Waals surface area contributed by atoms with E-state index in [0.717, 1.165) is 36.4 Å². The average Bonchev–Trinajstić information content (AvgIpc) is 3.06. The molecule has 150 valence electrons. The summed E-state index contributed by atoms with van der Waals surface area (Å²) in [6, 6.07) is 4.34. The Kier molecular flexibility index (Phi) is 4.99. The second kappa shape index (κ2) is 7.31. The molecule has 3 heterocycles. The Morgan fingerprint density at radius 1 is 1.39 bits per heavy atom. The molecule has 7 heteroatoms. The molecule has 2 aliphatic rings. The zero-order valence-corrected chi connectivity index (χ0v) is 16.9. The van der Waals surface area contributed by atoms with Gasteiger partial charge in [-0.25, -0.2) is 0 Å². The van der Waals surface area contributed by atoms with Crippen LogP contribution in [-0.2, 0) is 11.8 Å². The van der Waals surface area contributed by atoms with Crippen molar-refractivity contribution in [3.05, 3.63) is 41.2 Å². The van der Waals surface area contributed by atoms with Crippen LogP contribution in [0.5, 0.6) is 0 Å². The van der Waals surface area contributed by atoms with Crippen molar-refractivity contribution in [1.29, 1.82) is 5.41 Å². The van der Waals surface area contributed by atoms with Gasteiger partial charge in [-0.2, -0.15) is 5.10 Å². The number of piperidine rings is 1. The number of aromatic nitrogens is 2. The molecule has 4 N–H and O–H groups in total. The lowest BCUT2D eigenvalue weighted by molar-refractivity contribution is -0.148. The fourth-order valence-electron chi connectivity index (χ4n) is 4.52. The topological polar surface area (TPSA) is 92.2 Å². The molecule has 2 saturated heterocycles. The molecule has 0 amide bonds. The highest BCUT2D eigenvalue weighted by molar-refractivity contribution is 5.88. The van der Waals surface area contributed by atoms with Gasteiger partial charge in [0.2, 0.25) is 0 Å².